The van der Waals surface area contributed by atoms with Crippen molar-refractivity contribution in [3.63, 3.8) is 0 Å². The molecule has 0 bridgehead atoms. The van der Waals surface area contributed by atoms with E-state index in [0.717, 1.165) is 0 Å². The van der Waals surface area contributed by atoms with Gasteiger partial charge in [0.2, 0.25) is 0 Å². The van der Waals surface area contributed by atoms with Crippen molar-refractivity contribution in [2.45, 2.75) is 38.3 Å². The third kappa shape index (κ3) is 2.10. The Bertz CT molecular complexity index is 175. The van der Waals surface area contributed by atoms with Crippen LogP contribution in [0.25, 0.3) is 0 Å². The van der Waals surface area contributed by atoms with Crippen LogP contribution in [0.4, 0.5) is 0 Å². The van der Waals surface area contributed by atoms with Gasteiger partial charge in [0.05, 0.1) is 0 Å². The molecule has 2 fully saturated rings. The van der Waals surface area contributed by atoms with Gasteiger partial charge in [0, 0.05) is 38.3 Å². The van der Waals surface area contributed by atoms with Crippen LogP contribution in [0.3, 0.4) is 0 Å². The summed E-state index contributed by atoms with van der Waals surface area (Å²) in [5.74, 6) is 0. The summed E-state index contributed by atoms with van der Waals surface area (Å²) in [6.45, 7) is 8.37. The quantitative estimate of drug-likeness (QED) is 0.700. The fraction of sp³-hybridized carbons (Fsp3) is 1.00. The molecule has 0 aromatic heterocycles. The molecule has 1 heterocycles. The minimum absolute atomic E-state index is 0.447. The van der Waals surface area contributed by atoms with Crippen molar-refractivity contribution >= 4 is 0 Å². The highest BCUT2D eigenvalue weighted by Gasteiger charge is 2.30. The van der Waals surface area contributed by atoms with Crippen LogP contribution in [-0.4, -0.2) is 54.6 Å². The molecule has 2 N–H and O–H groups in total. The molecule has 1 aliphatic heterocycles. The molecule has 3 heteroatoms. The zero-order chi connectivity index (χ0) is 9.97. The van der Waals surface area contributed by atoms with E-state index in [-0.39, 0.29) is 0 Å². The van der Waals surface area contributed by atoms with E-state index in [2.05, 4.69) is 16.7 Å². The van der Waals surface area contributed by atoms with Gasteiger partial charge in [-0.1, -0.05) is 13.3 Å². The number of likely N-dealkylation sites (N-methyl/N-ethyl adjacent to an activating group) is 1. The molecular formula is C11H23N3. The van der Waals surface area contributed by atoms with Crippen molar-refractivity contribution < 1.29 is 0 Å². The molecule has 14 heavy (non-hydrogen) atoms. The summed E-state index contributed by atoms with van der Waals surface area (Å²) >= 11 is 0. The lowest BCUT2D eigenvalue weighted by molar-refractivity contribution is 0.0952. The Kier molecular flexibility index (Phi) is 3.42. The van der Waals surface area contributed by atoms with E-state index in [4.69, 9.17) is 5.73 Å². The van der Waals surface area contributed by atoms with Gasteiger partial charge >= 0.3 is 0 Å². The van der Waals surface area contributed by atoms with Gasteiger partial charge in [0.15, 0.2) is 0 Å². The van der Waals surface area contributed by atoms with Crippen molar-refractivity contribution in [3.05, 3.63) is 0 Å². The van der Waals surface area contributed by atoms with Gasteiger partial charge < -0.3 is 10.6 Å². The third-order valence-electron chi connectivity index (χ3n) is 3.85. The van der Waals surface area contributed by atoms with Crippen molar-refractivity contribution in [1.82, 2.24) is 9.80 Å². The van der Waals surface area contributed by atoms with E-state index in [1.165, 1.54) is 52.0 Å². The molecule has 0 radical (unpaired) electrons. The molecule has 2 rings (SSSR count). The van der Waals surface area contributed by atoms with Crippen LogP contribution in [0.2, 0.25) is 0 Å². The van der Waals surface area contributed by atoms with Crippen LogP contribution in [0, 0.1) is 0 Å². The molecule has 1 saturated heterocycles. The molecule has 0 spiro atoms. The number of piperazine rings is 1. The SMILES string of the molecule is CCN1CCN([C@@H]2CCC[C@H]2N)CC1. The van der Waals surface area contributed by atoms with Crippen molar-refractivity contribution in [2.75, 3.05) is 32.7 Å². The number of hydrogen-bond donors (Lipinski definition) is 1. The first-order chi connectivity index (χ1) is 6.81. The van der Waals surface area contributed by atoms with Gasteiger partial charge in [-0.2, -0.15) is 0 Å². The summed E-state index contributed by atoms with van der Waals surface area (Å²) in [5, 5.41) is 0. The molecule has 0 unspecified atom stereocenters. The average Bonchev–Trinajstić information content (AvgIpc) is 2.65. The summed E-state index contributed by atoms with van der Waals surface area (Å²) in [7, 11) is 0. The maximum atomic E-state index is 6.12. The normalized spacial score (nSPS) is 36.4. The van der Waals surface area contributed by atoms with E-state index >= 15 is 0 Å². The minimum atomic E-state index is 0.447. The van der Waals surface area contributed by atoms with Crippen LogP contribution >= 0.6 is 0 Å². The molecule has 2 aliphatic rings. The lowest BCUT2D eigenvalue weighted by atomic mass is 10.1. The summed E-state index contributed by atoms with van der Waals surface area (Å²) in [4.78, 5) is 5.14. The van der Waals surface area contributed by atoms with Gasteiger partial charge in [-0.05, 0) is 19.4 Å². The zero-order valence-electron chi connectivity index (χ0n) is 9.28. The third-order valence-corrected chi connectivity index (χ3v) is 3.85. The number of nitrogens with zero attached hydrogens (tertiary/aromatic N) is 2. The Morgan fingerprint density at radius 1 is 1.14 bits per heavy atom. The topological polar surface area (TPSA) is 32.5 Å². The van der Waals surface area contributed by atoms with Gasteiger partial charge in [-0.25, -0.2) is 0 Å². The highest BCUT2D eigenvalue weighted by atomic mass is 15.3. The Labute approximate surface area is 87.2 Å². The standard InChI is InChI=1S/C11H23N3/c1-2-13-6-8-14(9-7-13)11-5-3-4-10(11)12/h10-11H,2-9,12H2,1H3/t10-,11-/m1/s1. The molecule has 0 amide bonds. The largest absolute Gasteiger partial charge is 0.326 e. The van der Waals surface area contributed by atoms with E-state index < -0.39 is 0 Å². The summed E-state index contributed by atoms with van der Waals surface area (Å²) in [6, 6.07) is 1.14. The van der Waals surface area contributed by atoms with Gasteiger partial charge in [0.1, 0.15) is 0 Å². The van der Waals surface area contributed by atoms with E-state index in [1.54, 1.807) is 0 Å². The predicted octanol–water partition coefficient (Wildman–Crippen LogP) is 0.504. The monoisotopic (exact) mass is 197 g/mol. The molecule has 3 nitrogen and oxygen atoms in total. The predicted molar refractivity (Wildman–Crippen MR) is 59.3 cm³/mol. The summed E-state index contributed by atoms with van der Waals surface area (Å²) in [6.07, 6.45) is 3.89. The molecule has 1 saturated carbocycles. The van der Waals surface area contributed by atoms with E-state index in [0.29, 0.717) is 12.1 Å². The second-order valence-electron chi connectivity index (χ2n) is 4.63. The molecule has 0 aromatic carbocycles. The zero-order valence-corrected chi connectivity index (χ0v) is 9.28. The summed E-state index contributed by atoms with van der Waals surface area (Å²) in [5.41, 5.74) is 6.12. The van der Waals surface area contributed by atoms with Crippen molar-refractivity contribution in [2.24, 2.45) is 5.73 Å². The van der Waals surface area contributed by atoms with Crippen LogP contribution in [-0.2, 0) is 0 Å². The lowest BCUT2D eigenvalue weighted by Gasteiger charge is -2.39. The Balaban J connectivity index is 1.82. The first-order valence-electron chi connectivity index (χ1n) is 6.03. The van der Waals surface area contributed by atoms with Gasteiger partial charge in [0.25, 0.3) is 0 Å². The maximum Gasteiger partial charge on any atom is 0.0248 e. The minimum Gasteiger partial charge on any atom is -0.326 e. The van der Waals surface area contributed by atoms with Gasteiger partial charge in [-0.3, -0.25) is 4.90 Å². The fourth-order valence-electron chi connectivity index (χ4n) is 2.83. The molecule has 82 valence electrons. The Morgan fingerprint density at radius 3 is 2.36 bits per heavy atom. The van der Waals surface area contributed by atoms with Crippen LogP contribution in [0.5, 0.6) is 0 Å². The maximum absolute atomic E-state index is 6.12. The molecule has 0 aromatic rings. The molecular weight excluding hydrogens is 174 g/mol. The summed E-state index contributed by atoms with van der Waals surface area (Å²) < 4.78 is 0. The first-order valence-corrected chi connectivity index (χ1v) is 6.03. The van der Waals surface area contributed by atoms with Gasteiger partial charge in [-0.15, -0.1) is 0 Å². The molecule has 2 atom stereocenters. The highest BCUT2D eigenvalue weighted by molar-refractivity contribution is 4.90. The van der Waals surface area contributed by atoms with Crippen molar-refractivity contribution in [1.29, 1.82) is 0 Å². The number of nitrogens with two attached hydrogens (primary N) is 1. The molecule has 1 aliphatic carbocycles. The van der Waals surface area contributed by atoms with Crippen LogP contribution in [0.15, 0.2) is 0 Å². The van der Waals surface area contributed by atoms with Crippen LogP contribution in [0.1, 0.15) is 26.2 Å². The lowest BCUT2D eigenvalue weighted by Crippen LogP contribution is -2.53. The van der Waals surface area contributed by atoms with Crippen LogP contribution < -0.4 is 5.73 Å². The number of hydrogen-bond acceptors (Lipinski definition) is 3. The Hall–Kier alpha value is -0.120. The number of rotatable bonds is 2. The highest BCUT2D eigenvalue weighted by Crippen LogP contribution is 2.23. The van der Waals surface area contributed by atoms with Crippen molar-refractivity contribution in [3.8, 4) is 0 Å². The first kappa shape index (κ1) is 10.4. The van der Waals surface area contributed by atoms with E-state index in [1.807, 2.05) is 0 Å². The fourth-order valence-corrected chi connectivity index (χ4v) is 2.83. The average molecular weight is 197 g/mol. The second kappa shape index (κ2) is 4.60. The second-order valence-corrected chi connectivity index (χ2v) is 4.63. The van der Waals surface area contributed by atoms with E-state index in [9.17, 15) is 0 Å². The Morgan fingerprint density at radius 2 is 1.86 bits per heavy atom. The smallest absolute Gasteiger partial charge is 0.0248 e.